The number of carbonyl (C=O) groups excluding carboxylic acids is 2. The number of furan rings is 1. The molecule has 0 radical (unpaired) electrons. The molecule has 1 saturated heterocycles. The number of aromatic hydroxyl groups is 1. The number of hydrogen-bond acceptors (Lipinski definition) is 7. The third kappa shape index (κ3) is 4.41. The van der Waals surface area contributed by atoms with E-state index in [1.807, 2.05) is 0 Å². The van der Waals surface area contributed by atoms with Gasteiger partial charge in [-0.2, -0.15) is 0 Å². The Labute approximate surface area is 168 Å². The Bertz CT molecular complexity index is 984. The third-order valence-corrected chi connectivity index (χ3v) is 5.14. The second-order valence-electron chi connectivity index (χ2n) is 5.68. The molecule has 2 aromatic rings. The SMILES string of the molecule is O=C(CCN1C(=O)/C(=C\c2ccco2)SC1=S)Nc1ccc(O)cc1C(=O)O. The first kappa shape index (κ1) is 19.6. The Balaban J connectivity index is 1.63. The van der Waals surface area contributed by atoms with Gasteiger partial charge in [0.05, 0.1) is 22.4 Å². The first-order valence-electron chi connectivity index (χ1n) is 8.00. The summed E-state index contributed by atoms with van der Waals surface area (Å²) in [6, 6.07) is 7.01. The zero-order valence-electron chi connectivity index (χ0n) is 14.2. The molecule has 10 heteroatoms. The van der Waals surface area contributed by atoms with Crippen LogP contribution < -0.4 is 5.32 Å². The van der Waals surface area contributed by atoms with Gasteiger partial charge in [-0.1, -0.05) is 24.0 Å². The van der Waals surface area contributed by atoms with Crippen LogP contribution in [0.5, 0.6) is 5.75 Å². The van der Waals surface area contributed by atoms with Crippen molar-refractivity contribution in [3.05, 3.63) is 52.8 Å². The Morgan fingerprint density at radius 1 is 1.32 bits per heavy atom. The number of nitrogens with zero attached hydrogens (tertiary/aromatic N) is 1. The predicted octanol–water partition coefficient (Wildman–Crippen LogP) is 2.91. The third-order valence-electron chi connectivity index (χ3n) is 3.76. The van der Waals surface area contributed by atoms with Crippen molar-refractivity contribution in [1.82, 2.24) is 4.90 Å². The molecule has 0 bridgehead atoms. The molecule has 0 saturated carbocycles. The molecule has 2 amide bonds. The lowest BCUT2D eigenvalue weighted by atomic mass is 10.1. The Kier molecular flexibility index (Phi) is 5.81. The van der Waals surface area contributed by atoms with E-state index in [-0.39, 0.29) is 35.9 Å². The smallest absolute Gasteiger partial charge is 0.337 e. The number of carbonyl (C=O) groups is 3. The van der Waals surface area contributed by atoms with Gasteiger partial charge in [0.1, 0.15) is 15.8 Å². The molecule has 0 atom stereocenters. The summed E-state index contributed by atoms with van der Waals surface area (Å²) in [6.45, 7) is 0.0481. The van der Waals surface area contributed by atoms with Crippen molar-refractivity contribution in [1.29, 1.82) is 0 Å². The van der Waals surface area contributed by atoms with Gasteiger partial charge in [0.25, 0.3) is 5.91 Å². The summed E-state index contributed by atoms with van der Waals surface area (Å²) in [5.74, 6) is -1.80. The fourth-order valence-electron chi connectivity index (χ4n) is 2.44. The highest BCUT2D eigenvalue weighted by atomic mass is 32.2. The molecule has 28 heavy (non-hydrogen) atoms. The molecule has 8 nitrogen and oxygen atoms in total. The van der Waals surface area contributed by atoms with Gasteiger partial charge in [-0.3, -0.25) is 14.5 Å². The van der Waals surface area contributed by atoms with Gasteiger partial charge in [0.2, 0.25) is 5.91 Å². The van der Waals surface area contributed by atoms with E-state index < -0.39 is 11.9 Å². The number of amides is 2. The first-order chi connectivity index (χ1) is 13.3. The van der Waals surface area contributed by atoms with Crippen molar-refractivity contribution in [2.75, 3.05) is 11.9 Å². The van der Waals surface area contributed by atoms with Crippen LogP contribution in [0.2, 0.25) is 0 Å². The highest BCUT2D eigenvalue weighted by Crippen LogP contribution is 2.32. The number of nitrogens with one attached hydrogen (secondary N) is 1. The van der Waals surface area contributed by atoms with Crippen LogP contribution in [0, 0.1) is 0 Å². The molecule has 144 valence electrons. The zero-order chi connectivity index (χ0) is 20.3. The predicted molar refractivity (Wildman–Crippen MR) is 107 cm³/mol. The average molecular weight is 418 g/mol. The number of hydrogen-bond donors (Lipinski definition) is 3. The van der Waals surface area contributed by atoms with Gasteiger partial charge in [-0.15, -0.1) is 0 Å². The standard InChI is InChI=1S/C18H14N2O6S2/c21-10-3-4-13(12(8-10)17(24)25)19-15(22)5-6-20-16(23)14(28-18(20)27)9-11-2-1-7-26-11/h1-4,7-9,21H,5-6H2,(H,19,22)(H,24,25)/b14-9+. The van der Waals surface area contributed by atoms with E-state index in [0.717, 1.165) is 17.8 Å². The number of thiocarbonyl (C=S) groups is 1. The van der Waals surface area contributed by atoms with Crippen molar-refractivity contribution in [3.63, 3.8) is 0 Å². The number of anilines is 1. The largest absolute Gasteiger partial charge is 0.508 e. The molecule has 0 unspecified atom stereocenters. The molecule has 3 N–H and O–H groups in total. The minimum atomic E-state index is -1.29. The number of rotatable bonds is 6. The van der Waals surface area contributed by atoms with Crippen LogP contribution in [0.3, 0.4) is 0 Å². The molecule has 1 fully saturated rings. The number of carboxylic acid groups (broad SMARTS) is 1. The summed E-state index contributed by atoms with van der Waals surface area (Å²) >= 11 is 6.32. The van der Waals surface area contributed by atoms with E-state index in [2.05, 4.69) is 5.32 Å². The summed E-state index contributed by atoms with van der Waals surface area (Å²) in [7, 11) is 0. The van der Waals surface area contributed by atoms with Gasteiger partial charge in [0, 0.05) is 19.0 Å². The number of aromatic carboxylic acids is 1. The van der Waals surface area contributed by atoms with Crippen LogP contribution in [0.1, 0.15) is 22.5 Å². The Morgan fingerprint density at radius 3 is 2.79 bits per heavy atom. The maximum Gasteiger partial charge on any atom is 0.337 e. The maximum absolute atomic E-state index is 12.5. The second-order valence-corrected chi connectivity index (χ2v) is 7.36. The second kappa shape index (κ2) is 8.28. The van der Waals surface area contributed by atoms with E-state index in [1.165, 1.54) is 23.3 Å². The Hall–Kier alpha value is -3.11. The van der Waals surface area contributed by atoms with Crippen LogP contribution in [0.15, 0.2) is 45.9 Å². The van der Waals surface area contributed by atoms with Crippen molar-refractivity contribution in [2.45, 2.75) is 6.42 Å². The first-order valence-corrected chi connectivity index (χ1v) is 9.22. The number of phenolic OH excluding ortho intramolecular Hbond substituents is 1. The van der Waals surface area contributed by atoms with Crippen LogP contribution >= 0.6 is 24.0 Å². The van der Waals surface area contributed by atoms with Crippen LogP contribution in [-0.2, 0) is 9.59 Å². The summed E-state index contributed by atoms with van der Waals surface area (Å²) in [4.78, 5) is 37.6. The van der Waals surface area contributed by atoms with Gasteiger partial charge in [-0.25, -0.2) is 4.79 Å². The summed E-state index contributed by atoms with van der Waals surface area (Å²) in [5.41, 5.74) is -0.182. The van der Waals surface area contributed by atoms with Crippen LogP contribution in [0.4, 0.5) is 5.69 Å². The normalized spacial score (nSPS) is 15.3. The highest BCUT2D eigenvalue weighted by Gasteiger charge is 2.32. The average Bonchev–Trinajstić information content (AvgIpc) is 3.24. The molecular weight excluding hydrogens is 404 g/mol. The van der Waals surface area contributed by atoms with Gasteiger partial charge >= 0.3 is 5.97 Å². The van der Waals surface area contributed by atoms with Gasteiger partial charge in [-0.05, 0) is 30.3 Å². The van der Waals surface area contributed by atoms with Crippen molar-refractivity contribution >= 4 is 57.8 Å². The topological polar surface area (TPSA) is 120 Å². The maximum atomic E-state index is 12.5. The van der Waals surface area contributed by atoms with Crippen LogP contribution in [-0.4, -0.2) is 43.8 Å². The zero-order valence-corrected chi connectivity index (χ0v) is 15.9. The number of benzene rings is 1. The molecule has 2 heterocycles. The molecule has 1 aliphatic rings. The monoisotopic (exact) mass is 418 g/mol. The highest BCUT2D eigenvalue weighted by molar-refractivity contribution is 8.26. The lowest BCUT2D eigenvalue weighted by Crippen LogP contribution is -2.31. The van der Waals surface area contributed by atoms with Crippen molar-refractivity contribution < 1.29 is 29.0 Å². The molecule has 1 aromatic carbocycles. The van der Waals surface area contributed by atoms with E-state index in [0.29, 0.717) is 15.0 Å². The van der Waals surface area contributed by atoms with E-state index >= 15 is 0 Å². The molecular formula is C18H14N2O6S2. The minimum absolute atomic E-state index is 0.0481. The molecule has 0 spiro atoms. The van der Waals surface area contributed by atoms with Gasteiger partial charge in [0.15, 0.2) is 0 Å². The number of phenols is 1. The molecule has 3 rings (SSSR count). The lowest BCUT2D eigenvalue weighted by molar-refractivity contribution is -0.122. The Morgan fingerprint density at radius 2 is 2.11 bits per heavy atom. The summed E-state index contributed by atoms with van der Waals surface area (Å²) in [5, 5.41) is 21.0. The number of carboxylic acids is 1. The molecule has 1 aliphatic heterocycles. The minimum Gasteiger partial charge on any atom is -0.508 e. The van der Waals surface area contributed by atoms with E-state index in [9.17, 15) is 19.5 Å². The van der Waals surface area contributed by atoms with Crippen molar-refractivity contribution in [2.24, 2.45) is 0 Å². The van der Waals surface area contributed by atoms with Gasteiger partial charge < -0.3 is 19.9 Å². The van der Waals surface area contributed by atoms with Crippen LogP contribution in [0.25, 0.3) is 6.08 Å². The fraction of sp³-hybridized carbons (Fsp3) is 0.111. The molecule has 0 aliphatic carbocycles. The van der Waals surface area contributed by atoms with Crippen molar-refractivity contribution in [3.8, 4) is 5.75 Å². The summed E-state index contributed by atoms with van der Waals surface area (Å²) < 4.78 is 5.51. The van der Waals surface area contributed by atoms with E-state index in [4.69, 9.17) is 21.7 Å². The molecule has 1 aromatic heterocycles. The number of thioether (sulfide) groups is 1. The quantitative estimate of drug-likeness (QED) is 0.372. The van der Waals surface area contributed by atoms with E-state index in [1.54, 1.807) is 18.2 Å². The summed E-state index contributed by atoms with van der Waals surface area (Å²) in [6.07, 6.45) is 2.99. The lowest BCUT2D eigenvalue weighted by Gasteiger charge is -2.14. The fourth-order valence-corrected chi connectivity index (χ4v) is 3.73.